The van der Waals surface area contributed by atoms with Crippen LogP contribution in [-0.2, 0) is 0 Å². The van der Waals surface area contributed by atoms with Gasteiger partial charge in [0, 0.05) is 38.9 Å². The Morgan fingerprint density at radius 2 is 2.22 bits per heavy atom. The molecule has 1 fully saturated rings. The van der Waals surface area contributed by atoms with Gasteiger partial charge in [0.1, 0.15) is 5.82 Å². The van der Waals surface area contributed by atoms with Crippen molar-refractivity contribution in [1.82, 2.24) is 9.88 Å². The standard InChI is InChI=1S/C15H23N3/c1-3-4-11-18-12-8-14(9-13-18)17(2)15-7-5-6-10-16-15/h3,5-7,10,14H,1,4,8-9,11-13H2,2H3. The Hall–Kier alpha value is -1.35. The molecule has 2 rings (SSSR count). The minimum Gasteiger partial charge on any atom is -0.357 e. The predicted molar refractivity (Wildman–Crippen MR) is 76.9 cm³/mol. The molecule has 1 aromatic heterocycles. The summed E-state index contributed by atoms with van der Waals surface area (Å²) in [5.41, 5.74) is 0. The van der Waals surface area contributed by atoms with E-state index in [0.717, 1.165) is 18.8 Å². The fraction of sp³-hybridized carbons (Fsp3) is 0.533. The van der Waals surface area contributed by atoms with Crippen molar-refractivity contribution in [2.45, 2.75) is 25.3 Å². The van der Waals surface area contributed by atoms with Crippen LogP contribution in [0.5, 0.6) is 0 Å². The van der Waals surface area contributed by atoms with E-state index in [2.05, 4.69) is 40.5 Å². The Labute approximate surface area is 110 Å². The highest BCUT2D eigenvalue weighted by molar-refractivity contribution is 5.37. The first-order valence-electron chi connectivity index (χ1n) is 6.78. The van der Waals surface area contributed by atoms with Gasteiger partial charge in [-0.15, -0.1) is 6.58 Å². The minimum atomic E-state index is 0.625. The third-order valence-corrected chi connectivity index (χ3v) is 3.76. The molecule has 1 aromatic rings. The van der Waals surface area contributed by atoms with Crippen LogP contribution in [0.2, 0.25) is 0 Å². The van der Waals surface area contributed by atoms with Gasteiger partial charge < -0.3 is 9.80 Å². The SMILES string of the molecule is C=CCCN1CCC(N(C)c2ccccn2)CC1. The van der Waals surface area contributed by atoms with Gasteiger partial charge in [-0.3, -0.25) is 0 Å². The molecule has 3 heteroatoms. The van der Waals surface area contributed by atoms with Gasteiger partial charge in [0.05, 0.1) is 0 Å². The zero-order valence-electron chi connectivity index (χ0n) is 11.3. The van der Waals surface area contributed by atoms with Gasteiger partial charge in [-0.05, 0) is 31.4 Å². The first kappa shape index (κ1) is 13.1. The van der Waals surface area contributed by atoms with Crippen LogP contribution in [0.15, 0.2) is 37.1 Å². The molecule has 2 heterocycles. The second-order valence-electron chi connectivity index (χ2n) is 4.95. The number of rotatable bonds is 5. The van der Waals surface area contributed by atoms with Gasteiger partial charge in [0.15, 0.2) is 0 Å². The average molecular weight is 245 g/mol. The van der Waals surface area contributed by atoms with E-state index in [1.807, 2.05) is 18.3 Å². The van der Waals surface area contributed by atoms with Crippen LogP contribution >= 0.6 is 0 Å². The number of likely N-dealkylation sites (tertiary alicyclic amines) is 1. The van der Waals surface area contributed by atoms with Gasteiger partial charge in [0.25, 0.3) is 0 Å². The molecule has 0 aromatic carbocycles. The average Bonchev–Trinajstić information content (AvgIpc) is 2.46. The summed E-state index contributed by atoms with van der Waals surface area (Å²) in [5, 5.41) is 0. The first-order chi connectivity index (χ1) is 8.81. The quantitative estimate of drug-likeness (QED) is 0.743. The molecule has 0 amide bonds. The van der Waals surface area contributed by atoms with E-state index in [9.17, 15) is 0 Å². The van der Waals surface area contributed by atoms with Crippen LogP contribution in [-0.4, -0.2) is 42.6 Å². The molecule has 0 N–H and O–H groups in total. The van der Waals surface area contributed by atoms with Gasteiger partial charge in [0.2, 0.25) is 0 Å². The molecule has 0 saturated carbocycles. The molecule has 18 heavy (non-hydrogen) atoms. The largest absolute Gasteiger partial charge is 0.357 e. The van der Waals surface area contributed by atoms with Gasteiger partial charge in [-0.25, -0.2) is 4.98 Å². The van der Waals surface area contributed by atoms with E-state index < -0.39 is 0 Å². The van der Waals surface area contributed by atoms with Crippen LogP contribution in [0.4, 0.5) is 5.82 Å². The summed E-state index contributed by atoms with van der Waals surface area (Å²) in [5.74, 6) is 1.09. The highest BCUT2D eigenvalue weighted by Gasteiger charge is 2.22. The summed E-state index contributed by atoms with van der Waals surface area (Å²) in [6.07, 6.45) is 7.42. The third kappa shape index (κ3) is 3.33. The van der Waals surface area contributed by atoms with E-state index >= 15 is 0 Å². The normalized spacial score (nSPS) is 17.6. The Morgan fingerprint density at radius 1 is 1.44 bits per heavy atom. The highest BCUT2D eigenvalue weighted by atomic mass is 15.2. The van der Waals surface area contributed by atoms with Gasteiger partial charge >= 0.3 is 0 Å². The first-order valence-corrected chi connectivity index (χ1v) is 6.78. The number of hydrogen-bond acceptors (Lipinski definition) is 3. The van der Waals surface area contributed by atoms with Crippen LogP contribution in [0.3, 0.4) is 0 Å². The summed E-state index contributed by atoms with van der Waals surface area (Å²) in [7, 11) is 2.16. The lowest BCUT2D eigenvalue weighted by molar-refractivity contribution is 0.214. The van der Waals surface area contributed by atoms with Crippen molar-refractivity contribution in [3.8, 4) is 0 Å². The maximum Gasteiger partial charge on any atom is 0.128 e. The molecule has 0 atom stereocenters. The van der Waals surface area contributed by atoms with E-state index in [1.165, 1.54) is 25.9 Å². The number of hydrogen-bond donors (Lipinski definition) is 0. The van der Waals surface area contributed by atoms with Crippen LogP contribution in [0.1, 0.15) is 19.3 Å². The molecule has 98 valence electrons. The van der Waals surface area contributed by atoms with Gasteiger partial charge in [-0.1, -0.05) is 12.1 Å². The zero-order valence-corrected chi connectivity index (χ0v) is 11.3. The summed E-state index contributed by atoms with van der Waals surface area (Å²) in [6, 6.07) is 6.73. The molecule has 0 aliphatic carbocycles. The molecule has 1 saturated heterocycles. The molecule has 0 radical (unpaired) electrons. The van der Waals surface area contributed by atoms with Crippen LogP contribution in [0.25, 0.3) is 0 Å². The number of piperidine rings is 1. The fourth-order valence-electron chi connectivity index (χ4n) is 2.55. The number of pyridine rings is 1. The van der Waals surface area contributed by atoms with Crippen LogP contribution in [0, 0.1) is 0 Å². The molecule has 1 aliphatic heterocycles. The topological polar surface area (TPSA) is 19.4 Å². The molecule has 1 aliphatic rings. The smallest absolute Gasteiger partial charge is 0.128 e. The number of aromatic nitrogens is 1. The third-order valence-electron chi connectivity index (χ3n) is 3.76. The van der Waals surface area contributed by atoms with Crippen molar-refractivity contribution >= 4 is 5.82 Å². The van der Waals surface area contributed by atoms with Crippen molar-refractivity contribution in [1.29, 1.82) is 0 Å². The number of nitrogens with zero attached hydrogens (tertiary/aromatic N) is 3. The lowest BCUT2D eigenvalue weighted by Crippen LogP contribution is -2.43. The molecule has 3 nitrogen and oxygen atoms in total. The summed E-state index contributed by atoms with van der Waals surface area (Å²) < 4.78 is 0. The predicted octanol–water partition coefficient (Wildman–Crippen LogP) is 2.56. The monoisotopic (exact) mass is 245 g/mol. The summed E-state index contributed by atoms with van der Waals surface area (Å²) >= 11 is 0. The van der Waals surface area contributed by atoms with Crippen molar-refractivity contribution in [3.05, 3.63) is 37.1 Å². The Morgan fingerprint density at radius 3 is 2.83 bits per heavy atom. The molecule has 0 unspecified atom stereocenters. The lowest BCUT2D eigenvalue weighted by atomic mass is 10.0. The Bertz CT molecular complexity index is 355. The molecule has 0 spiro atoms. The van der Waals surface area contributed by atoms with E-state index in [1.54, 1.807) is 0 Å². The second kappa shape index (κ2) is 6.55. The lowest BCUT2D eigenvalue weighted by Gasteiger charge is -2.37. The molecular weight excluding hydrogens is 222 g/mol. The molecular formula is C15H23N3. The summed E-state index contributed by atoms with van der Waals surface area (Å²) in [4.78, 5) is 9.28. The van der Waals surface area contributed by atoms with Crippen LogP contribution < -0.4 is 4.90 Å². The minimum absolute atomic E-state index is 0.625. The molecule has 0 bridgehead atoms. The van der Waals surface area contributed by atoms with Crippen molar-refractivity contribution in [2.24, 2.45) is 0 Å². The maximum absolute atomic E-state index is 4.42. The van der Waals surface area contributed by atoms with E-state index in [4.69, 9.17) is 0 Å². The number of anilines is 1. The second-order valence-corrected chi connectivity index (χ2v) is 4.95. The zero-order chi connectivity index (χ0) is 12.8. The maximum atomic E-state index is 4.42. The van der Waals surface area contributed by atoms with E-state index in [-0.39, 0.29) is 0 Å². The fourth-order valence-corrected chi connectivity index (χ4v) is 2.55. The van der Waals surface area contributed by atoms with Crippen molar-refractivity contribution in [2.75, 3.05) is 31.6 Å². The van der Waals surface area contributed by atoms with E-state index in [0.29, 0.717) is 6.04 Å². The Balaban J connectivity index is 1.84. The Kier molecular flexibility index (Phi) is 4.76. The van der Waals surface area contributed by atoms with Gasteiger partial charge in [-0.2, -0.15) is 0 Å². The van der Waals surface area contributed by atoms with Crippen molar-refractivity contribution in [3.63, 3.8) is 0 Å². The highest BCUT2D eigenvalue weighted by Crippen LogP contribution is 2.20. The van der Waals surface area contributed by atoms with Crippen molar-refractivity contribution < 1.29 is 0 Å². The summed E-state index contributed by atoms with van der Waals surface area (Å²) in [6.45, 7) is 7.32.